The quantitative estimate of drug-likeness (QED) is 0.301. The van der Waals surface area contributed by atoms with Crippen molar-refractivity contribution in [3.05, 3.63) is 83.0 Å². The highest BCUT2D eigenvalue weighted by Crippen LogP contribution is 2.43. The minimum Gasteiger partial charge on any atom is -0.495 e. The Kier molecular flexibility index (Phi) is 6.08. The van der Waals surface area contributed by atoms with Crippen LogP contribution in [0.2, 0.25) is 0 Å². The molecule has 1 aliphatic carbocycles. The molecule has 1 aliphatic rings. The molecule has 10 heteroatoms. The second-order valence-corrected chi connectivity index (χ2v) is 8.39. The normalized spacial score (nSPS) is 12.0. The molecule has 5 aromatic rings. The van der Waals surface area contributed by atoms with Gasteiger partial charge in [-0.05, 0) is 24.3 Å². The number of aromatic nitrogens is 2. The van der Waals surface area contributed by atoms with Gasteiger partial charge in [0, 0.05) is 55.0 Å². The number of Topliss-reactive ketones (excluding diaryl/α,β-unsaturated/α-hetero) is 2. The van der Waals surface area contributed by atoms with Gasteiger partial charge in [-0.25, -0.2) is 0 Å². The molecule has 4 heterocycles. The molecule has 0 fully saturated rings. The third kappa shape index (κ3) is 3.83. The molecule has 10 nitrogen and oxygen atoms in total. The van der Waals surface area contributed by atoms with E-state index in [1.54, 1.807) is 32.7 Å². The third-order valence-electron chi connectivity index (χ3n) is 6.09. The van der Waals surface area contributed by atoms with Crippen molar-refractivity contribution in [1.82, 2.24) is 9.97 Å². The summed E-state index contributed by atoms with van der Waals surface area (Å²) in [6, 6.07) is 6.28. The number of fused-ring (bicyclic) bond motifs is 4. The standard InChI is InChI=1S/C15H13NO4.C13H7NO4/c1-8(17)12-6-10-13(18-2)11-7-16-5-4-9(11)14(19-3)15(10)20-12;1-6(15)10-4-8-11(16)9-5-14-3-2-7(9)12(17)13(8)18-10/h4-7H,1-3H3;2-5H,1H3. The second-order valence-electron chi connectivity index (χ2n) is 8.39. The number of benzene rings is 1. The Labute approximate surface area is 215 Å². The monoisotopic (exact) mass is 512 g/mol. The van der Waals surface area contributed by atoms with Crippen LogP contribution in [0, 0.1) is 0 Å². The van der Waals surface area contributed by atoms with E-state index in [1.807, 2.05) is 6.07 Å². The Morgan fingerprint density at radius 3 is 2.05 bits per heavy atom. The van der Waals surface area contributed by atoms with E-state index in [0.717, 1.165) is 10.8 Å². The first-order valence-corrected chi connectivity index (χ1v) is 11.4. The molecular weight excluding hydrogens is 492 g/mol. The lowest BCUT2D eigenvalue weighted by atomic mass is 9.90. The Bertz CT molecular complexity index is 1680. The molecule has 38 heavy (non-hydrogen) atoms. The highest BCUT2D eigenvalue weighted by Gasteiger charge is 2.34. The minimum atomic E-state index is -0.394. The highest BCUT2D eigenvalue weighted by molar-refractivity contribution is 6.27. The van der Waals surface area contributed by atoms with E-state index in [2.05, 4.69) is 9.97 Å². The SMILES string of the molecule is CC(=O)c1cc2c(o1)C(=O)c1ccncc1C2=O.COc1c2cnccc2c(OC)c2oc(C(C)=O)cc12. The smallest absolute Gasteiger partial charge is 0.229 e. The van der Waals surface area contributed by atoms with Crippen molar-refractivity contribution in [1.29, 1.82) is 0 Å². The number of hydrogen-bond acceptors (Lipinski definition) is 10. The van der Waals surface area contributed by atoms with Crippen molar-refractivity contribution in [3.8, 4) is 11.5 Å². The molecule has 0 saturated carbocycles. The van der Waals surface area contributed by atoms with Gasteiger partial charge in [-0.1, -0.05) is 0 Å². The van der Waals surface area contributed by atoms with Crippen LogP contribution in [0.25, 0.3) is 21.7 Å². The largest absolute Gasteiger partial charge is 0.495 e. The van der Waals surface area contributed by atoms with Crippen molar-refractivity contribution in [2.75, 3.05) is 14.2 Å². The number of furan rings is 2. The zero-order chi connectivity index (χ0) is 27.1. The van der Waals surface area contributed by atoms with Crippen LogP contribution >= 0.6 is 0 Å². The fourth-order valence-electron chi connectivity index (χ4n) is 4.31. The topological polar surface area (TPSA) is 139 Å². The number of carbonyl (C=O) groups excluding carboxylic acids is 4. The average molecular weight is 512 g/mol. The Morgan fingerprint density at radius 2 is 1.37 bits per heavy atom. The molecule has 4 aromatic heterocycles. The minimum absolute atomic E-state index is 0.0162. The lowest BCUT2D eigenvalue weighted by molar-refractivity contribution is 0.0946. The molecule has 0 atom stereocenters. The maximum absolute atomic E-state index is 12.1. The van der Waals surface area contributed by atoms with Gasteiger partial charge in [0.15, 0.2) is 46.0 Å². The summed E-state index contributed by atoms with van der Waals surface area (Å²) in [4.78, 5) is 54.9. The van der Waals surface area contributed by atoms with Crippen LogP contribution in [0.3, 0.4) is 0 Å². The number of rotatable bonds is 4. The molecule has 0 amide bonds. The van der Waals surface area contributed by atoms with Gasteiger partial charge < -0.3 is 18.3 Å². The first-order chi connectivity index (χ1) is 18.3. The first kappa shape index (κ1) is 24.6. The number of ether oxygens (including phenoxy) is 2. The maximum atomic E-state index is 12.1. The zero-order valence-corrected chi connectivity index (χ0v) is 20.8. The molecule has 1 aromatic carbocycles. The Balaban J connectivity index is 0.000000156. The van der Waals surface area contributed by atoms with E-state index >= 15 is 0 Å². The zero-order valence-electron chi connectivity index (χ0n) is 20.8. The molecular formula is C28H20N2O8. The van der Waals surface area contributed by atoms with Crippen LogP contribution in [-0.2, 0) is 0 Å². The fourth-order valence-corrected chi connectivity index (χ4v) is 4.31. The molecule has 0 aliphatic heterocycles. The summed E-state index contributed by atoms with van der Waals surface area (Å²) >= 11 is 0. The van der Waals surface area contributed by atoms with Crippen LogP contribution in [0.15, 0.2) is 57.9 Å². The third-order valence-corrected chi connectivity index (χ3v) is 6.09. The van der Waals surface area contributed by atoms with E-state index in [4.69, 9.17) is 18.3 Å². The van der Waals surface area contributed by atoms with Crippen LogP contribution in [0.5, 0.6) is 11.5 Å². The van der Waals surface area contributed by atoms with Gasteiger partial charge in [-0.3, -0.25) is 29.1 Å². The summed E-state index contributed by atoms with van der Waals surface area (Å²) < 4.78 is 21.7. The first-order valence-electron chi connectivity index (χ1n) is 11.4. The highest BCUT2D eigenvalue weighted by atomic mass is 16.5. The number of methoxy groups -OCH3 is 2. The number of hydrogen-bond donors (Lipinski definition) is 0. The van der Waals surface area contributed by atoms with Gasteiger partial charge in [0.2, 0.25) is 5.78 Å². The fraction of sp³-hybridized carbons (Fsp3) is 0.143. The van der Waals surface area contributed by atoms with Crippen LogP contribution in [0.4, 0.5) is 0 Å². The number of nitrogens with zero attached hydrogens (tertiary/aromatic N) is 2. The summed E-state index contributed by atoms with van der Waals surface area (Å²) in [5.41, 5.74) is 1.14. The Morgan fingerprint density at radius 1 is 0.711 bits per heavy atom. The van der Waals surface area contributed by atoms with Crippen molar-refractivity contribution in [2.45, 2.75) is 13.8 Å². The van der Waals surface area contributed by atoms with Crippen molar-refractivity contribution < 1.29 is 37.5 Å². The molecule has 0 bridgehead atoms. The van der Waals surface area contributed by atoms with Gasteiger partial charge >= 0.3 is 0 Å². The van der Waals surface area contributed by atoms with E-state index in [0.29, 0.717) is 22.5 Å². The van der Waals surface area contributed by atoms with Crippen LogP contribution < -0.4 is 9.47 Å². The van der Waals surface area contributed by atoms with Gasteiger partial charge in [-0.2, -0.15) is 0 Å². The number of carbonyl (C=O) groups is 4. The van der Waals surface area contributed by atoms with Crippen LogP contribution in [-0.4, -0.2) is 47.3 Å². The molecule has 0 saturated heterocycles. The summed E-state index contributed by atoms with van der Waals surface area (Å²) in [6.07, 6.45) is 6.16. The van der Waals surface area contributed by atoms with Crippen molar-refractivity contribution >= 4 is 44.9 Å². The van der Waals surface area contributed by atoms with Crippen LogP contribution in [0.1, 0.15) is 67.0 Å². The molecule has 0 spiro atoms. The predicted octanol–water partition coefficient (Wildman–Crippen LogP) is 4.85. The van der Waals surface area contributed by atoms with E-state index in [9.17, 15) is 19.2 Å². The summed E-state index contributed by atoms with van der Waals surface area (Å²) in [7, 11) is 3.14. The molecule has 0 unspecified atom stereocenters. The van der Waals surface area contributed by atoms with Crippen molar-refractivity contribution in [3.63, 3.8) is 0 Å². The van der Waals surface area contributed by atoms with Gasteiger partial charge in [0.25, 0.3) is 0 Å². The van der Waals surface area contributed by atoms with Gasteiger partial charge in [0.1, 0.15) is 5.75 Å². The Hall–Kier alpha value is -5.12. The maximum Gasteiger partial charge on any atom is 0.229 e. The summed E-state index contributed by atoms with van der Waals surface area (Å²) in [5.74, 6) is 0.218. The predicted molar refractivity (Wildman–Crippen MR) is 134 cm³/mol. The molecule has 190 valence electrons. The van der Waals surface area contributed by atoms with E-state index in [1.165, 1.54) is 38.4 Å². The van der Waals surface area contributed by atoms with Crippen molar-refractivity contribution in [2.24, 2.45) is 0 Å². The number of ketones is 4. The van der Waals surface area contributed by atoms with Gasteiger partial charge in [-0.15, -0.1) is 0 Å². The number of pyridine rings is 2. The summed E-state index contributed by atoms with van der Waals surface area (Å²) in [5, 5.41) is 2.35. The second kappa shape index (κ2) is 9.40. The average Bonchev–Trinajstić information content (AvgIpc) is 3.57. The van der Waals surface area contributed by atoms with E-state index in [-0.39, 0.29) is 51.3 Å². The van der Waals surface area contributed by atoms with E-state index < -0.39 is 5.78 Å². The molecule has 6 rings (SSSR count). The summed E-state index contributed by atoms with van der Waals surface area (Å²) in [6.45, 7) is 2.77. The lowest BCUT2D eigenvalue weighted by Crippen LogP contribution is -2.19. The molecule has 0 radical (unpaired) electrons. The van der Waals surface area contributed by atoms with Gasteiger partial charge in [0.05, 0.1) is 30.7 Å². The lowest BCUT2D eigenvalue weighted by Gasteiger charge is -2.11. The molecule has 0 N–H and O–H groups in total.